The molecule has 1 aromatic rings. The largest absolute Gasteiger partial charge is 0.389 e. The molecule has 1 rings (SSSR count). The van der Waals surface area contributed by atoms with Crippen LogP contribution in [-0.2, 0) is 4.79 Å². The van der Waals surface area contributed by atoms with E-state index in [2.05, 4.69) is 5.32 Å². The van der Waals surface area contributed by atoms with Crippen molar-refractivity contribution < 1.29 is 9.90 Å². The maximum atomic E-state index is 12.1. The van der Waals surface area contributed by atoms with Crippen LogP contribution in [0.25, 0.3) is 0 Å². The summed E-state index contributed by atoms with van der Waals surface area (Å²) in [6, 6.07) is 6.74. The Morgan fingerprint density at radius 1 is 1.47 bits per heavy atom. The van der Waals surface area contributed by atoms with E-state index in [1.165, 1.54) is 0 Å². The van der Waals surface area contributed by atoms with Gasteiger partial charge in [-0.15, -0.1) is 0 Å². The highest BCUT2D eigenvalue weighted by Gasteiger charge is 2.23. The smallest absolute Gasteiger partial charge is 0.241 e. The van der Waals surface area contributed by atoms with Gasteiger partial charge < -0.3 is 10.4 Å². The minimum Gasteiger partial charge on any atom is -0.389 e. The maximum Gasteiger partial charge on any atom is 0.241 e. The molecule has 19 heavy (non-hydrogen) atoms. The quantitative estimate of drug-likeness (QED) is 0.873. The maximum absolute atomic E-state index is 12.1. The molecular weight excluding hydrogens is 264 g/mol. The van der Waals surface area contributed by atoms with Crippen LogP contribution >= 0.6 is 11.6 Å². The first-order chi connectivity index (χ1) is 8.70. The van der Waals surface area contributed by atoms with E-state index in [0.717, 1.165) is 0 Å². The first-order valence-electron chi connectivity index (χ1n) is 6.19. The highest BCUT2D eigenvalue weighted by molar-refractivity contribution is 6.33. The monoisotopic (exact) mass is 284 g/mol. The molecule has 0 aliphatic rings. The van der Waals surface area contributed by atoms with Crippen molar-refractivity contribution in [3.63, 3.8) is 0 Å². The predicted octanol–water partition coefficient (Wildman–Crippen LogP) is 2.37. The fourth-order valence-corrected chi connectivity index (χ4v) is 1.93. The van der Waals surface area contributed by atoms with Crippen molar-refractivity contribution in [1.29, 1.82) is 0 Å². The third-order valence-corrected chi connectivity index (χ3v) is 3.14. The molecule has 0 radical (unpaired) electrons. The molecule has 0 aliphatic carbocycles. The lowest BCUT2D eigenvalue weighted by atomic mass is 10.1. The van der Waals surface area contributed by atoms with E-state index < -0.39 is 5.60 Å². The number of carbonyl (C=O) groups is 1. The Morgan fingerprint density at radius 3 is 2.58 bits per heavy atom. The van der Waals surface area contributed by atoms with Crippen molar-refractivity contribution >= 4 is 23.2 Å². The van der Waals surface area contributed by atoms with Crippen LogP contribution < -0.4 is 5.32 Å². The Hall–Kier alpha value is -1.10. The number of nitrogens with zero attached hydrogens (tertiary/aromatic N) is 1. The van der Waals surface area contributed by atoms with Gasteiger partial charge in [-0.25, -0.2) is 0 Å². The molecule has 5 heteroatoms. The molecule has 0 fully saturated rings. The Labute approximate surface area is 119 Å². The van der Waals surface area contributed by atoms with Gasteiger partial charge in [0.25, 0.3) is 0 Å². The average molecular weight is 285 g/mol. The normalized spacial score (nSPS) is 13.4. The fourth-order valence-electron chi connectivity index (χ4n) is 1.75. The lowest BCUT2D eigenvalue weighted by Crippen LogP contribution is -2.46. The van der Waals surface area contributed by atoms with Crippen molar-refractivity contribution in [3.8, 4) is 0 Å². The number of halogens is 1. The van der Waals surface area contributed by atoms with Gasteiger partial charge in [-0.2, -0.15) is 0 Å². The van der Waals surface area contributed by atoms with Gasteiger partial charge in [0.05, 0.1) is 22.4 Å². The molecule has 0 heterocycles. The number of para-hydroxylation sites is 1. The first kappa shape index (κ1) is 16.0. The third-order valence-electron chi connectivity index (χ3n) is 2.81. The van der Waals surface area contributed by atoms with Crippen LogP contribution in [0.3, 0.4) is 0 Å². The van der Waals surface area contributed by atoms with Gasteiger partial charge in [0, 0.05) is 6.54 Å². The lowest BCUT2D eigenvalue weighted by Gasteiger charge is -2.29. The summed E-state index contributed by atoms with van der Waals surface area (Å²) in [4.78, 5) is 13.9. The van der Waals surface area contributed by atoms with E-state index in [4.69, 9.17) is 11.6 Å². The van der Waals surface area contributed by atoms with Crippen LogP contribution in [0.2, 0.25) is 5.02 Å². The van der Waals surface area contributed by atoms with Gasteiger partial charge >= 0.3 is 0 Å². The minimum atomic E-state index is -0.840. The molecule has 0 spiro atoms. The van der Waals surface area contributed by atoms with Crippen LogP contribution in [-0.4, -0.2) is 41.1 Å². The Balaban J connectivity index is 2.65. The molecule has 1 aromatic carbocycles. The number of rotatable bonds is 5. The molecule has 1 amide bonds. The second-order valence-electron chi connectivity index (χ2n) is 5.37. The highest BCUT2D eigenvalue weighted by Crippen LogP contribution is 2.21. The zero-order chi connectivity index (χ0) is 14.6. The van der Waals surface area contributed by atoms with E-state index in [1.807, 2.05) is 12.1 Å². The summed E-state index contributed by atoms with van der Waals surface area (Å²) >= 11 is 5.99. The molecule has 0 aliphatic heterocycles. The second kappa shape index (κ2) is 6.37. The first-order valence-corrected chi connectivity index (χ1v) is 6.56. The Morgan fingerprint density at radius 2 is 2.05 bits per heavy atom. The van der Waals surface area contributed by atoms with Crippen LogP contribution in [0.4, 0.5) is 5.69 Å². The molecule has 2 N–H and O–H groups in total. The average Bonchev–Trinajstić information content (AvgIpc) is 2.28. The molecule has 1 unspecified atom stereocenters. The SMILES string of the molecule is CC(C(=O)Nc1ccccc1Cl)N(C)CC(C)(C)O. The number of anilines is 1. The molecule has 0 aromatic heterocycles. The number of nitrogens with one attached hydrogen (secondary N) is 1. The molecule has 0 saturated carbocycles. The van der Waals surface area contributed by atoms with Gasteiger partial charge in [-0.1, -0.05) is 23.7 Å². The summed E-state index contributed by atoms with van der Waals surface area (Å²) < 4.78 is 0. The number of benzene rings is 1. The second-order valence-corrected chi connectivity index (χ2v) is 5.78. The number of hydrogen-bond acceptors (Lipinski definition) is 3. The van der Waals surface area contributed by atoms with E-state index in [0.29, 0.717) is 17.3 Å². The number of hydrogen-bond donors (Lipinski definition) is 2. The predicted molar refractivity (Wildman–Crippen MR) is 78.5 cm³/mol. The lowest BCUT2D eigenvalue weighted by molar-refractivity contribution is -0.121. The fraction of sp³-hybridized carbons (Fsp3) is 0.500. The van der Waals surface area contributed by atoms with Crippen molar-refractivity contribution in [2.24, 2.45) is 0 Å². The zero-order valence-electron chi connectivity index (χ0n) is 11.8. The molecule has 1 atom stereocenters. The Kier molecular flexibility index (Phi) is 5.35. The van der Waals surface area contributed by atoms with E-state index in [-0.39, 0.29) is 11.9 Å². The van der Waals surface area contributed by atoms with Crippen molar-refractivity contribution in [2.75, 3.05) is 18.9 Å². The Bertz CT molecular complexity index is 443. The number of likely N-dealkylation sites (N-methyl/N-ethyl adjacent to an activating group) is 1. The zero-order valence-corrected chi connectivity index (χ0v) is 12.5. The topological polar surface area (TPSA) is 52.6 Å². The van der Waals surface area contributed by atoms with E-state index in [1.54, 1.807) is 44.9 Å². The molecule has 106 valence electrons. The number of aliphatic hydroxyl groups is 1. The van der Waals surface area contributed by atoms with Gasteiger partial charge in [-0.05, 0) is 40.0 Å². The van der Waals surface area contributed by atoms with E-state index in [9.17, 15) is 9.90 Å². The summed E-state index contributed by atoms with van der Waals surface area (Å²) in [5.74, 6) is -0.153. The summed E-state index contributed by atoms with van der Waals surface area (Å²) in [5, 5.41) is 13.0. The minimum absolute atomic E-state index is 0.153. The number of amides is 1. The van der Waals surface area contributed by atoms with E-state index >= 15 is 0 Å². The van der Waals surface area contributed by atoms with Crippen LogP contribution in [0.15, 0.2) is 24.3 Å². The van der Waals surface area contributed by atoms with Crippen LogP contribution in [0, 0.1) is 0 Å². The highest BCUT2D eigenvalue weighted by atomic mass is 35.5. The summed E-state index contributed by atoms with van der Waals surface area (Å²) in [6.45, 7) is 5.62. The van der Waals surface area contributed by atoms with Gasteiger partial charge in [0.15, 0.2) is 0 Å². The molecular formula is C14H21ClN2O2. The summed E-state index contributed by atoms with van der Waals surface area (Å²) in [7, 11) is 1.80. The summed E-state index contributed by atoms with van der Waals surface area (Å²) in [6.07, 6.45) is 0. The third kappa shape index (κ3) is 5.19. The van der Waals surface area contributed by atoms with Gasteiger partial charge in [0.1, 0.15) is 0 Å². The van der Waals surface area contributed by atoms with Crippen LogP contribution in [0.5, 0.6) is 0 Å². The molecule has 4 nitrogen and oxygen atoms in total. The van der Waals surface area contributed by atoms with Crippen molar-refractivity contribution in [2.45, 2.75) is 32.4 Å². The number of carbonyl (C=O) groups excluding carboxylic acids is 1. The summed E-state index contributed by atoms with van der Waals surface area (Å²) in [5.41, 5.74) is -0.245. The van der Waals surface area contributed by atoms with Crippen molar-refractivity contribution in [1.82, 2.24) is 4.90 Å². The molecule has 0 bridgehead atoms. The standard InChI is InChI=1S/C14H21ClN2O2/c1-10(17(4)9-14(2,3)19)13(18)16-12-8-6-5-7-11(12)15/h5-8,10,19H,9H2,1-4H3,(H,16,18). The van der Waals surface area contributed by atoms with Gasteiger partial charge in [-0.3, -0.25) is 9.69 Å². The van der Waals surface area contributed by atoms with Crippen molar-refractivity contribution in [3.05, 3.63) is 29.3 Å². The molecule has 0 saturated heterocycles. The van der Waals surface area contributed by atoms with Crippen LogP contribution in [0.1, 0.15) is 20.8 Å². The van der Waals surface area contributed by atoms with Gasteiger partial charge in [0.2, 0.25) is 5.91 Å².